The summed E-state index contributed by atoms with van der Waals surface area (Å²) in [5.41, 5.74) is 5.42. The molecule has 1 aliphatic heterocycles. The van der Waals surface area contributed by atoms with E-state index in [0.717, 1.165) is 25.0 Å². The minimum absolute atomic E-state index is 0.00633. The van der Waals surface area contributed by atoms with Crippen LogP contribution < -0.4 is 5.73 Å². The molecule has 0 bridgehead atoms. The summed E-state index contributed by atoms with van der Waals surface area (Å²) in [5.74, 6) is -1.69. The Balaban J connectivity index is 2.06. The number of piperidine rings is 1. The van der Waals surface area contributed by atoms with Crippen molar-refractivity contribution in [3.63, 3.8) is 0 Å². The molecule has 0 radical (unpaired) electrons. The number of halogens is 2. The molecule has 2 rings (SSSR count). The van der Waals surface area contributed by atoms with Gasteiger partial charge in [-0.05, 0) is 25.0 Å². The summed E-state index contributed by atoms with van der Waals surface area (Å²) in [5, 5.41) is 0. The molecule has 20 heavy (non-hydrogen) atoms. The molecule has 0 aromatic heterocycles. The largest absolute Gasteiger partial charge is 0.393 e. The predicted octanol–water partition coefficient (Wildman–Crippen LogP) is 2.03. The van der Waals surface area contributed by atoms with E-state index < -0.39 is 11.6 Å². The topological polar surface area (TPSA) is 46.3 Å². The fraction of sp³-hybridized carbons (Fsp3) is 0.429. The Morgan fingerprint density at radius 1 is 1.40 bits per heavy atom. The lowest BCUT2D eigenvalue weighted by Crippen LogP contribution is -2.44. The maximum absolute atomic E-state index is 13.5. The van der Waals surface area contributed by atoms with E-state index >= 15 is 0 Å². The van der Waals surface area contributed by atoms with E-state index in [-0.39, 0.29) is 23.8 Å². The van der Waals surface area contributed by atoms with Gasteiger partial charge >= 0.3 is 0 Å². The third kappa shape index (κ3) is 3.30. The van der Waals surface area contributed by atoms with Crippen molar-refractivity contribution in [1.29, 1.82) is 0 Å². The van der Waals surface area contributed by atoms with Crippen LogP contribution in [0.3, 0.4) is 0 Å². The molecule has 1 aliphatic rings. The second kappa shape index (κ2) is 6.26. The lowest BCUT2D eigenvalue weighted by Gasteiger charge is -2.32. The van der Waals surface area contributed by atoms with Crippen molar-refractivity contribution in [2.45, 2.75) is 19.3 Å². The van der Waals surface area contributed by atoms with E-state index in [9.17, 15) is 13.6 Å². The molecule has 2 N–H and O–H groups in total. The van der Waals surface area contributed by atoms with Crippen LogP contribution in [-0.4, -0.2) is 28.9 Å². The second-order valence-corrected chi connectivity index (χ2v) is 5.43. The zero-order valence-electron chi connectivity index (χ0n) is 10.9. The van der Waals surface area contributed by atoms with Gasteiger partial charge in [0.05, 0.1) is 11.4 Å². The summed E-state index contributed by atoms with van der Waals surface area (Å²) in [6, 6.07) is 3.59. The van der Waals surface area contributed by atoms with E-state index in [0.29, 0.717) is 18.1 Å². The zero-order chi connectivity index (χ0) is 14.7. The number of amides is 1. The molecule has 0 saturated carbocycles. The lowest BCUT2D eigenvalue weighted by molar-refractivity contribution is -0.131. The van der Waals surface area contributed by atoms with Crippen LogP contribution in [-0.2, 0) is 11.2 Å². The fourth-order valence-electron chi connectivity index (χ4n) is 2.40. The number of carbonyl (C=O) groups is 1. The summed E-state index contributed by atoms with van der Waals surface area (Å²) in [6.07, 6.45) is 1.38. The van der Waals surface area contributed by atoms with Crippen LogP contribution in [0.1, 0.15) is 18.4 Å². The van der Waals surface area contributed by atoms with Gasteiger partial charge in [0.25, 0.3) is 0 Å². The maximum Gasteiger partial charge on any atom is 0.227 e. The molecular weight excluding hydrogens is 282 g/mol. The highest BCUT2D eigenvalue weighted by molar-refractivity contribution is 7.80. The van der Waals surface area contributed by atoms with Crippen LogP contribution in [0.4, 0.5) is 8.78 Å². The van der Waals surface area contributed by atoms with E-state index in [1.165, 1.54) is 6.07 Å². The first-order chi connectivity index (χ1) is 9.49. The van der Waals surface area contributed by atoms with Gasteiger partial charge in [0.15, 0.2) is 0 Å². The highest BCUT2D eigenvalue weighted by Crippen LogP contribution is 2.19. The van der Waals surface area contributed by atoms with Crippen molar-refractivity contribution in [2.24, 2.45) is 11.7 Å². The monoisotopic (exact) mass is 298 g/mol. The first kappa shape index (κ1) is 14.8. The summed E-state index contributed by atoms with van der Waals surface area (Å²) in [4.78, 5) is 14.1. The fourth-order valence-corrected chi connectivity index (χ4v) is 2.59. The van der Waals surface area contributed by atoms with Crippen molar-refractivity contribution < 1.29 is 13.6 Å². The SMILES string of the molecule is NC(=S)C1CCCN(C(=O)Cc2c(F)cccc2F)C1. The second-order valence-electron chi connectivity index (χ2n) is 4.96. The number of nitrogens with two attached hydrogens (primary N) is 1. The Kier molecular flexibility index (Phi) is 4.65. The van der Waals surface area contributed by atoms with E-state index in [1.807, 2.05) is 0 Å². The molecule has 1 saturated heterocycles. The Morgan fingerprint density at radius 2 is 2.05 bits per heavy atom. The molecule has 3 nitrogen and oxygen atoms in total. The molecule has 1 aromatic rings. The smallest absolute Gasteiger partial charge is 0.227 e. The minimum atomic E-state index is -0.693. The minimum Gasteiger partial charge on any atom is -0.393 e. The molecular formula is C14H16F2N2OS. The van der Waals surface area contributed by atoms with Gasteiger partial charge in [0, 0.05) is 24.6 Å². The third-order valence-corrected chi connectivity index (χ3v) is 3.90. The maximum atomic E-state index is 13.5. The molecule has 1 unspecified atom stereocenters. The number of rotatable bonds is 3. The van der Waals surface area contributed by atoms with E-state index in [1.54, 1.807) is 4.90 Å². The number of likely N-dealkylation sites (tertiary alicyclic amines) is 1. The third-order valence-electron chi connectivity index (χ3n) is 3.57. The Morgan fingerprint density at radius 3 is 2.65 bits per heavy atom. The number of hydrogen-bond donors (Lipinski definition) is 1. The number of carbonyl (C=O) groups excluding carboxylic acids is 1. The highest BCUT2D eigenvalue weighted by atomic mass is 32.1. The summed E-state index contributed by atoms with van der Waals surface area (Å²) in [7, 11) is 0. The quantitative estimate of drug-likeness (QED) is 0.869. The van der Waals surface area contributed by atoms with Gasteiger partial charge in [-0.2, -0.15) is 0 Å². The van der Waals surface area contributed by atoms with Gasteiger partial charge in [0.1, 0.15) is 11.6 Å². The predicted molar refractivity (Wildman–Crippen MR) is 76.2 cm³/mol. The van der Waals surface area contributed by atoms with Gasteiger partial charge in [-0.1, -0.05) is 18.3 Å². The van der Waals surface area contributed by atoms with Crippen molar-refractivity contribution in [3.05, 3.63) is 35.4 Å². The van der Waals surface area contributed by atoms with Gasteiger partial charge in [0.2, 0.25) is 5.91 Å². The molecule has 1 atom stereocenters. The van der Waals surface area contributed by atoms with Crippen LogP contribution in [0.5, 0.6) is 0 Å². The van der Waals surface area contributed by atoms with Crippen LogP contribution >= 0.6 is 12.2 Å². The first-order valence-electron chi connectivity index (χ1n) is 6.49. The summed E-state index contributed by atoms with van der Waals surface area (Å²) in [6.45, 7) is 1.01. The van der Waals surface area contributed by atoms with Crippen molar-refractivity contribution in [3.8, 4) is 0 Å². The summed E-state index contributed by atoms with van der Waals surface area (Å²) >= 11 is 4.95. The standard InChI is InChI=1S/C14H16F2N2OS/c15-11-4-1-5-12(16)10(11)7-13(19)18-6-2-3-9(8-18)14(17)20/h1,4-5,9H,2-3,6-8H2,(H2,17,20). The Hall–Kier alpha value is -1.56. The Labute approximate surface area is 121 Å². The normalized spacial score (nSPS) is 18.9. The van der Waals surface area contributed by atoms with E-state index in [4.69, 9.17) is 18.0 Å². The van der Waals surface area contributed by atoms with Crippen molar-refractivity contribution >= 4 is 23.1 Å². The highest BCUT2D eigenvalue weighted by Gasteiger charge is 2.26. The molecule has 6 heteroatoms. The molecule has 0 spiro atoms. The van der Waals surface area contributed by atoms with Gasteiger partial charge in [-0.25, -0.2) is 8.78 Å². The molecule has 1 amide bonds. The summed E-state index contributed by atoms with van der Waals surface area (Å²) < 4.78 is 27.1. The Bertz CT molecular complexity index is 516. The number of benzene rings is 1. The van der Waals surface area contributed by atoms with Gasteiger partial charge in [-0.15, -0.1) is 0 Å². The molecule has 1 heterocycles. The molecule has 108 valence electrons. The molecule has 1 fully saturated rings. The van der Waals surface area contributed by atoms with Crippen LogP contribution in [0.15, 0.2) is 18.2 Å². The average molecular weight is 298 g/mol. The lowest BCUT2D eigenvalue weighted by atomic mass is 9.97. The van der Waals surface area contributed by atoms with Crippen molar-refractivity contribution in [1.82, 2.24) is 4.90 Å². The van der Waals surface area contributed by atoms with Gasteiger partial charge < -0.3 is 10.6 Å². The number of thiocarbonyl (C=S) groups is 1. The van der Waals surface area contributed by atoms with Crippen LogP contribution in [0, 0.1) is 17.6 Å². The van der Waals surface area contributed by atoms with E-state index in [2.05, 4.69) is 0 Å². The van der Waals surface area contributed by atoms with Crippen molar-refractivity contribution in [2.75, 3.05) is 13.1 Å². The number of hydrogen-bond acceptors (Lipinski definition) is 2. The zero-order valence-corrected chi connectivity index (χ0v) is 11.8. The number of nitrogens with zero attached hydrogens (tertiary/aromatic N) is 1. The first-order valence-corrected chi connectivity index (χ1v) is 6.90. The average Bonchev–Trinajstić information content (AvgIpc) is 2.43. The molecule has 1 aromatic carbocycles. The molecule has 0 aliphatic carbocycles. The van der Waals surface area contributed by atoms with Crippen LogP contribution in [0.25, 0.3) is 0 Å². The van der Waals surface area contributed by atoms with Gasteiger partial charge in [-0.3, -0.25) is 4.79 Å². The van der Waals surface area contributed by atoms with Crippen LogP contribution in [0.2, 0.25) is 0 Å².